The van der Waals surface area contributed by atoms with Crippen molar-refractivity contribution in [2.75, 3.05) is 0 Å². The van der Waals surface area contributed by atoms with Gasteiger partial charge in [-0.2, -0.15) is 0 Å². The molecule has 0 aromatic heterocycles. The molecule has 6 nitrogen and oxygen atoms in total. The maximum Gasteiger partial charge on any atom is 2.00 e. The van der Waals surface area contributed by atoms with Crippen LogP contribution in [0.15, 0.2) is 0 Å². The fourth-order valence-electron chi connectivity index (χ4n) is 0. The smallest absolute Gasteiger partial charge is 0.542 e. The molecule has 0 bridgehead atoms. The molecule has 0 N–H and O–H groups in total. The number of hydrogen-bond acceptors (Lipinski definition) is 6. The van der Waals surface area contributed by atoms with E-state index in [1.165, 1.54) is 0 Å². The van der Waals surface area contributed by atoms with Crippen molar-refractivity contribution in [2.45, 2.75) is 13.8 Å². The van der Waals surface area contributed by atoms with Gasteiger partial charge in [-0.05, 0) is 0 Å². The Morgan fingerprint density at radius 3 is 0.846 bits per heavy atom. The molecule has 0 aliphatic rings. The van der Waals surface area contributed by atoms with Gasteiger partial charge in [0.1, 0.15) is 11.9 Å². The Morgan fingerprint density at radius 2 is 0.846 bits per heavy atom. The van der Waals surface area contributed by atoms with Crippen molar-refractivity contribution >= 4 is 23.5 Å². The summed E-state index contributed by atoms with van der Waals surface area (Å²) in [7, 11) is 0. The SMILES string of the molecule is CC(=O)C(=O)[O-].CC(=O)C(=O)[O-].[Co+2]. The van der Waals surface area contributed by atoms with Gasteiger partial charge in [0.15, 0.2) is 11.6 Å². The minimum absolute atomic E-state index is 0. The van der Waals surface area contributed by atoms with E-state index in [1.54, 1.807) is 0 Å². The first-order valence-corrected chi connectivity index (χ1v) is 2.72. The summed E-state index contributed by atoms with van der Waals surface area (Å²) in [5, 5.41) is 18.5. The van der Waals surface area contributed by atoms with Gasteiger partial charge in [-0.3, -0.25) is 9.59 Å². The maximum atomic E-state index is 9.48. The molecule has 75 valence electrons. The first-order chi connectivity index (χ1) is 5.29. The van der Waals surface area contributed by atoms with E-state index >= 15 is 0 Å². The minimum Gasteiger partial charge on any atom is -0.542 e. The predicted molar refractivity (Wildman–Crippen MR) is 31.4 cm³/mol. The molecule has 0 unspecified atom stereocenters. The van der Waals surface area contributed by atoms with Crippen molar-refractivity contribution in [3.63, 3.8) is 0 Å². The van der Waals surface area contributed by atoms with E-state index < -0.39 is 23.5 Å². The van der Waals surface area contributed by atoms with E-state index in [2.05, 4.69) is 0 Å². The van der Waals surface area contributed by atoms with Crippen LogP contribution >= 0.6 is 0 Å². The number of carbonyl (C=O) groups is 4. The molecule has 0 aliphatic heterocycles. The van der Waals surface area contributed by atoms with Crippen LogP contribution in [0.2, 0.25) is 0 Å². The fraction of sp³-hybridized carbons (Fsp3) is 0.333. The van der Waals surface area contributed by atoms with Crippen LogP contribution in [0.3, 0.4) is 0 Å². The Bertz CT molecular complexity index is 173. The van der Waals surface area contributed by atoms with Crippen LogP contribution in [0.4, 0.5) is 0 Å². The third kappa shape index (κ3) is 18.1. The van der Waals surface area contributed by atoms with Crippen LogP contribution in [0.1, 0.15) is 13.8 Å². The van der Waals surface area contributed by atoms with Crippen molar-refractivity contribution in [1.82, 2.24) is 0 Å². The van der Waals surface area contributed by atoms with Gasteiger partial charge in [0.05, 0.1) is 0 Å². The Hall–Kier alpha value is -1.21. The molecule has 0 spiro atoms. The average Bonchev–Trinajstić information content (AvgIpc) is 1.88. The van der Waals surface area contributed by atoms with E-state index in [0.29, 0.717) is 0 Å². The zero-order valence-corrected chi connectivity index (χ0v) is 7.82. The van der Waals surface area contributed by atoms with Gasteiger partial charge in [0, 0.05) is 13.8 Å². The normalized spacial score (nSPS) is 6.92. The molecule has 0 fully saturated rings. The second-order valence-corrected chi connectivity index (χ2v) is 1.69. The van der Waals surface area contributed by atoms with Crippen LogP contribution in [0.5, 0.6) is 0 Å². The third-order valence-electron chi connectivity index (χ3n) is 0.575. The van der Waals surface area contributed by atoms with Gasteiger partial charge >= 0.3 is 16.8 Å². The molecule has 13 heavy (non-hydrogen) atoms. The molecule has 0 saturated carbocycles. The number of hydrogen-bond donors (Lipinski definition) is 0. The fourth-order valence-corrected chi connectivity index (χ4v) is 0. The molecule has 0 aromatic rings. The Kier molecular flexibility index (Phi) is 12.1. The topological polar surface area (TPSA) is 114 Å². The molecule has 0 amide bonds. The Balaban J connectivity index is -0.000000143. The Morgan fingerprint density at radius 1 is 0.769 bits per heavy atom. The second-order valence-electron chi connectivity index (χ2n) is 1.69. The number of carboxylic acids is 2. The number of Topliss-reactive ketones (excluding diaryl/α,β-unsaturated/α-hetero) is 2. The van der Waals surface area contributed by atoms with Gasteiger partial charge in [0.2, 0.25) is 0 Å². The Labute approximate surface area is 84.1 Å². The maximum absolute atomic E-state index is 9.48. The first-order valence-electron chi connectivity index (χ1n) is 2.72. The van der Waals surface area contributed by atoms with Crippen LogP contribution < -0.4 is 10.2 Å². The summed E-state index contributed by atoms with van der Waals surface area (Å²) in [6.45, 7) is 1.88. The summed E-state index contributed by atoms with van der Waals surface area (Å²) in [6.07, 6.45) is 0. The van der Waals surface area contributed by atoms with Gasteiger partial charge < -0.3 is 19.8 Å². The molecule has 0 saturated heterocycles. The predicted octanol–water partition coefficient (Wildman–Crippen LogP) is -3.35. The van der Waals surface area contributed by atoms with Crippen LogP contribution in [0.25, 0.3) is 0 Å². The van der Waals surface area contributed by atoms with Crippen molar-refractivity contribution in [3.8, 4) is 0 Å². The summed E-state index contributed by atoms with van der Waals surface area (Å²) in [6, 6.07) is 0. The monoisotopic (exact) mass is 233 g/mol. The zero-order valence-electron chi connectivity index (χ0n) is 6.78. The molecule has 0 atom stereocenters. The van der Waals surface area contributed by atoms with Crippen molar-refractivity contribution < 1.29 is 46.2 Å². The quantitative estimate of drug-likeness (QED) is 0.460. The number of ketones is 2. The molecule has 0 heterocycles. The van der Waals surface area contributed by atoms with E-state index in [9.17, 15) is 29.4 Å². The van der Waals surface area contributed by atoms with Crippen LogP contribution in [0, 0.1) is 0 Å². The summed E-state index contributed by atoms with van der Waals surface area (Å²) in [5.74, 6) is -5.13. The van der Waals surface area contributed by atoms with Crippen molar-refractivity contribution in [1.29, 1.82) is 0 Å². The number of carbonyl (C=O) groups excluding carboxylic acids is 4. The average molecular weight is 233 g/mol. The molecule has 1 radical (unpaired) electrons. The van der Waals surface area contributed by atoms with E-state index in [1.807, 2.05) is 0 Å². The summed E-state index contributed by atoms with van der Waals surface area (Å²) >= 11 is 0. The molecule has 0 aliphatic carbocycles. The third-order valence-corrected chi connectivity index (χ3v) is 0.575. The largest absolute Gasteiger partial charge is 2.00 e. The van der Waals surface area contributed by atoms with Crippen molar-refractivity contribution in [2.24, 2.45) is 0 Å². The standard InChI is InChI=1S/2C3H4O3.Co/c2*1-2(4)3(5)6;/h2*1H3,(H,5,6);/q;;+2/p-2. The van der Waals surface area contributed by atoms with E-state index in [4.69, 9.17) is 0 Å². The number of carboxylic acid groups (broad SMARTS) is 2. The zero-order chi connectivity index (χ0) is 10.3. The van der Waals surface area contributed by atoms with Gasteiger partial charge in [-0.25, -0.2) is 0 Å². The summed E-state index contributed by atoms with van der Waals surface area (Å²) in [5.41, 5.74) is 0. The number of rotatable bonds is 2. The van der Waals surface area contributed by atoms with E-state index in [-0.39, 0.29) is 16.8 Å². The van der Waals surface area contributed by atoms with Gasteiger partial charge in [-0.1, -0.05) is 0 Å². The minimum atomic E-state index is -1.63. The molecule has 7 heteroatoms. The summed E-state index contributed by atoms with van der Waals surface area (Å²) in [4.78, 5) is 37.4. The van der Waals surface area contributed by atoms with Gasteiger partial charge in [0.25, 0.3) is 0 Å². The van der Waals surface area contributed by atoms with E-state index in [0.717, 1.165) is 13.8 Å². The number of aliphatic carboxylic acids is 2. The first kappa shape index (κ1) is 17.8. The van der Waals surface area contributed by atoms with Crippen molar-refractivity contribution in [3.05, 3.63) is 0 Å². The second kappa shape index (κ2) is 8.88. The molecule has 0 aromatic carbocycles. The molecule has 0 rings (SSSR count). The molecular formula is C6H6CoO6. The van der Waals surface area contributed by atoms with Crippen LogP contribution in [-0.4, -0.2) is 23.5 Å². The summed E-state index contributed by atoms with van der Waals surface area (Å²) < 4.78 is 0. The molecular weight excluding hydrogens is 227 g/mol. The van der Waals surface area contributed by atoms with Gasteiger partial charge in [-0.15, -0.1) is 0 Å². The van der Waals surface area contributed by atoms with Crippen LogP contribution in [-0.2, 0) is 36.0 Å².